The van der Waals surface area contributed by atoms with Crippen molar-refractivity contribution in [3.63, 3.8) is 0 Å². The van der Waals surface area contributed by atoms with Crippen LogP contribution in [-0.2, 0) is 12.4 Å². The van der Waals surface area contributed by atoms with E-state index in [1.54, 1.807) is 0 Å². The Morgan fingerprint density at radius 3 is 2.70 bits per heavy atom. The molecule has 2 nitrogen and oxygen atoms in total. The molecule has 0 saturated heterocycles. The van der Waals surface area contributed by atoms with Gasteiger partial charge in [0.1, 0.15) is 5.82 Å². The number of benzene rings is 1. The molecule has 4 heteroatoms. The van der Waals surface area contributed by atoms with Gasteiger partial charge in [0.25, 0.3) is 0 Å². The van der Waals surface area contributed by atoms with E-state index in [2.05, 4.69) is 16.5 Å². The van der Waals surface area contributed by atoms with E-state index < -0.39 is 0 Å². The summed E-state index contributed by atoms with van der Waals surface area (Å²) in [6.45, 7) is 3.38. The number of fused-ring (bicyclic) bond motifs is 1. The molecular weight excluding hydrogens is 291 g/mol. The van der Waals surface area contributed by atoms with E-state index in [9.17, 15) is 0 Å². The Kier molecular flexibility index (Phi) is 3.96. The minimum absolute atomic E-state index is 0.356. The van der Waals surface area contributed by atoms with Crippen LogP contribution in [0.15, 0.2) is 18.2 Å². The quantitative estimate of drug-likeness (QED) is 0.694. The molecule has 1 aromatic heterocycles. The van der Waals surface area contributed by atoms with Gasteiger partial charge in [-0.05, 0) is 36.5 Å². The molecule has 1 aliphatic rings. The third kappa shape index (κ3) is 2.68. The third-order valence-electron chi connectivity index (χ3n) is 4.51. The maximum absolute atomic E-state index is 6.15. The van der Waals surface area contributed by atoms with Crippen LogP contribution in [0.3, 0.4) is 0 Å². The molecule has 1 aliphatic carbocycles. The molecule has 1 fully saturated rings. The first-order valence-corrected chi connectivity index (χ1v) is 8.23. The SMILES string of the molecule is CC1(Cn2c(CCl)nc3ccc(Cl)cc32)CCCCC1. The molecule has 108 valence electrons. The molecule has 1 aromatic carbocycles. The van der Waals surface area contributed by atoms with Crippen LogP contribution in [0.25, 0.3) is 11.0 Å². The van der Waals surface area contributed by atoms with Crippen molar-refractivity contribution in [2.75, 3.05) is 0 Å². The number of halogens is 2. The van der Waals surface area contributed by atoms with Crippen molar-refractivity contribution >= 4 is 34.2 Å². The average molecular weight is 311 g/mol. The first kappa shape index (κ1) is 14.2. The molecule has 0 amide bonds. The van der Waals surface area contributed by atoms with Crippen molar-refractivity contribution in [1.29, 1.82) is 0 Å². The summed E-state index contributed by atoms with van der Waals surface area (Å²) in [5.41, 5.74) is 2.46. The van der Waals surface area contributed by atoms with Crippen LogP contribution in [0.1, 0.15) is 44.9 Å². The maximum Gasteiger partial charge on any atom is 0.124 e. The second-order valence-corrected chi connectivity index (χ2v) is 6.96. The van der Waals surface area contributed by atoms with Crippen LogP contribution in [-0.4, -0.2) is 9.55 Å². The van der Waals surface area contributed by atoms with E-state index in [1.165, 1.54) is 32.1 Å². The highest BCUT2D eigenvalue weighted by Gasteiger charge is 2.28. The number of aromatic nitrogens is 2. The summed E-state index contributed by atoms with van der Waals surface area (Å²) in [6.07, 6.45) is 6.61. The molecule has 0 N–H and O–H groups in total. The van der Waals surface area contributed by atoms with Gasteiger partial charge in [-0.2, -0.15) is 0 Å². The highest BCUT2D eigenvalue weighted by molar-refractivity contribution is 6.31. The Hall–Kier alpha value is -0.730. The van der Waals surface area contributed by atoms with Crippen LogP contribution in [0.5, 0.6) is 0 Å². The largest absolute Gasteiger partial charge is 0.326 e. The molecule has 0 aliphatic heterocycles. The first-order valence-electron chi connectivity index (χ1n) is 7.32. The van der Waals surface area contributed by atoms with E-state index in [1.807, 2.05) is 18.2 Å². The van der Waals surface area contributed by atoms with E-state index in [-0.39, 0.29) is 0 Å². The number of hydrogen-bond donors (Lipinski definition) is 0. The highest BCUT2D eigenvalue weighted by atomic mass is 35.5. The topological polar surface area (TPSA) is 17.8 Å². The molecule has 0 bridgehead atoms. The zero-order valence-electron chi connectivity index (χ0n) is 11.8. The fourth-order valence-electron chi connectivity index (χ4n) is 3.37. The lowest BCUT2D eigenvalue weighted by Crippen LogP contribution is -2.26. The standard InChI is InChI=1S/C16H20Cl2N2/c1-16(7-3-2-4-8-16)11-20-14-9-12(18)5-6-13(14)19-15(20)10-17/h5-6,9H,2-4,7-8,10-11H2,1H3. The van der Waals surface area contributed by atoms with Crippen LogP contribution in [0, 0.1) is 5.41 Å². The third-order valence-corrected chi connectivity index (χ3v) is 4.98. The maximum atomic E-state index is 6.15. The summed E-state index contributed by atoms with van der Waals surface area (Å²) < 4.78 is 2.28. The molecule has 0 radical (unpaired) electrons. The van der Waals surface area contributed by atoms with Crippen molar-refractivity contribution in [3.05, 3.63) is 29.0 Å². The molecule has 0 unspecified atom stereocenters. The normalized spacial score (nSPS) is 18.6. The number of rotatable bonds is 3. The lowest BCUT2D eigenvalue weighted by molar-refractivity contribution is 0.184. The molecule has 1 saturated carbocycles. The average Bonchev–Trinajstić information content (AvgIpc) is 2.77. The van der Waals surface area contributed by atoms with Crippen molar-refractivity contribution in [3.8, 4) is 0 Å². The van der Waals surface area contributed by atoms with E-state index in [0.717, 1.165) is 28.4 Å². The monoisotopic (exact) mass is 310 g/mol. The van der Waals surface area contributed by atoms with Crippen LogP contribution in [0.2, 0.25) is 5.02 Å². The second kappa shape index (κ2) is 5.57. The van der Waals surface area contributed by atoms with Gasteiger partial charge in [0, 0.05) is 11.6 Å². The van der Waals surface area contributed by atoms with Gasteiger partial charge in [0.15, 0.2) is 0 Å². The van der Waals surface area contributed by atoms with Gasteiger partial charge in [-0.3, -0.25) is 0 Å². The van der Waals surface area contributed by atoms with Gasteiger partial charge in [0.2, 0.25) is 0 Å². The highest BCUT2D eigenvalue weighted by Crippen LogP contribution is 2.38. The van der Waals surface area contributed by atoms with E-state index in [0.29, 0.717) is 11.3 Å². The zero-order chi connectivity index (χ0) is 14.2. The Labute approximate surface area is 130 Å². The summed E-state index contributed by atoms with van der Waals surface area (Å²) in [7, 11) is 0. The van der Waals surface area contributed by atoms with Gasteiger partial charge >= 0.3 is 0 Å². The Morgan fingerprint density at radius 2 is 2.00 bits per heavy atom. The van der Waals surface area contributed by atoms with Gasteiger partial charge in [-0.15, -0.1) is 11.6 Å². The van der Waals surface area contributed by atoms with Crippen LogP contribution >= 0.6 is 23.2 Å². The summed E-state index contributed by atoms with van der Waals surface area (Å²) in [5, 5.41) is 0.758. The lowest BCUT2D eigenvalue weighted by atomic mass is 9.75. The van der Waals surface area contributed by atoms with Crippen molar-refractivity contribution in [1.82, 2.24) is 9.55 Å². The fraction of sp³-hybridized carbons (Fsp3) is 0.562. The molecule has 1 heterocycles. The fourth-order valence-corrected chi connectivity index (χ4v) is 3.74. The van der Waals surface area contributed by atoms with E-state index in [4.69, 9.17) is 23.2 Å². The molecule has 20 heavy (non-hydrogen) atoms. The van der Waals surface area contributed by atoms with Gasteiger partial charge in [0.05, 0.1) is 16.9 Å². The number of alkyl halides is 1. The second-order valence-electron chi connectivity index (χ2n) is 6.25. The van der Waals surface area contributed by atoms with Crippen molar-refractivity contribution < 1.29 is 0 Å². The van der Waals surface area contributed by atoms with Crippen LogP contribution < -0.4 is 0 Å². The van der Waals surface area contributed by atoms with Gasteiger partial charge in [-0.25, -0.2) is 4.98 Å². The number of imidazole rings is 1. The smallest absolute Gasteiger partial charge is 0.124 e. The molecular formula is C16H20Cl2N2. The number of hydrogen-bond acceptors (Lipinski definition) is 1. The number of nitrogens with zero attached hydrogens (tertiary/aromatic N) is 2. The van der Waals surface area contributed by atoms with Crippen LogP contribution in [0.4, 0.5) is 0 Å². The molecule has 3 rings (SSSR count). The first-order chi connectivity index (χ1) is 9.61. The summed E-state index contributed by atoms with van der Waals surface area (Å²) >= 11 is 12.2. The summed E-state index contributed by atoms with van der Waals surface area (Å²) in [4.78, 5) is 4.64. The molecule has 0 atom stereocenters. The molecule has 0 spiro atoms. The van der Waals surface area contributed by atoms with Crippen molar-refractivity contribution in [2.45, 2.75) is 51.5 Å². The van der Waals surface area contributed by atoms with Crippen molar-refractivity contribution in [2.24, 2.45) is 5.41 Å². The minimum atomic E-state index is 0.356. The van der Waals surface area contributed by atoms with Gasteiger partial charge in [-0.1, -0.05) is 37.8 Å². The lowest BCUT2D eigenvalue weighted by Gasteiger charge is -2.34. The zero-order valence-corrected chi connectivity index (χ0v) is 13.3. The Morgan fingerprint density at radius 1 is 1.25 bits per heavy atom. The predicted octanol–water partition coefficient (Wildman–Crippen LogP) is 5.40. The Bertz CT molecular complexity index is 612. The molecule has 2 aromatic rings. The van der Waals surface area contributed by atoms with E-state index >= 15 is 0 Å². The predicted molar refractivity (Wildman–Crippen MR) is 85.5 cm³/mol. The van der Waals surface area contributed by atoms with Gasteiger partial charge < -0.3 is 4.57 Å². The Balaban J connectivity index is 2.02. The summed E-state index contributed by atoms with van der Waals surface area (Å²) in [6, 6.07) is 5.88. The minimum Gasteiger partial charge on any atom is -0.326 e. The summed E-state index contributed by atoms with van der Waals surface area (Å²) in [5.74, 6) is 1.40.